The first kappa shape index (κ1) is 28.1. The minimum atomic E-state index is -4.09. The van der Waals surface area contributed by atoms with Gasteiger partial charge in [0.2, 0.25) is 0 Å². The molecule has 0 aliphatic rings. The van der Waals surface area contributed by atoms with Crippen molar-refractivity contribution in [3.63, 3.8) is 0 Å². The number of carbonyl (C=O) groups is 1. The third-order valence-corrected chi connectivity index (χ3v) is 8.46. The molecule has 1 aromatic heterocycles. The van der Waals surface area contributed by atoms with Gasteiger partial charge in [-0.25, -0.2) is 18.2 Å². The van der Waals surface area contributed by atoms with Gasteiger partial charge >= 0.3 is 0 Å². The molecule has 0 aliphatic carbocycles. The summed E-state index contributed by atoms with van der Waals surface area (Å²) in [6, 6.07) is 19.2. The van der Waals surface area contributed by atoms with Gasteiger partial charge < -0.3 is 4.57 Å². The highest BCUT2D eigenvalue weighted by molar-refractivity contribution is 7.92. The van der Waals surface area contributed by atoms with E-state index in [9.17, 15) is 17.6 Å². The standard InChI is InChI=1S/C29H28ClFN4O3S/c1-19-9-12-25(15-20(19)2)34(39(37,38)26-13-10-24(30)11-14-26)18-29(36)33-32-17-23-16-21(3)35(22(23)4)28-8-6-5-7-27(28)31/h5-17H,18H2,1-4H3,(H,33,36)/b32-17-. The molecule has 3 aromatic carbocycles. The summed E-state index contributed by atoms with van der Waals surface area (Å²) in [5.74, 6) is -0.991. The van der Waals surface area contributed by atoms with E-state index in [2.05, 4.69) is 10.5 Å². The summed E-state index contributed by atoms with van der Waals surface area (Å²) in [4.78, 5) is 12.9. The van der Waals surface area contributed by atoms with Gasteiger partial charge in [0, 0.05) is 22.0 Å². The molecule has 1 N–H and O–H groups in total. The molecule has 0 saturated carbocycles. The second-order valence-corrected chi connectivity index (χ2v) is 11.4. The average Bonchev–Trinajstić information content (AvgIpc) is 3.17. The number of aromatic nitrogens is 1. The summed E-state index contributed by atoms with van der Waals surface area (Å²) >= 11 is 5.94. The second kappa shape index (κ2) is 11.4. The van der Waals surface area contributed by atoms with Crippen LogP contribution in [0.4, 0.5) is 10.1 Å². The first-order chi connectivity index (χ1) is 18.5. The maximum atomic E-state index is 14.4. The number of hydrogen-bond donors (Lipinski definition) is 1. The van der Waals surface area contributed by atoms with Crippen molar-refractivity contribution in [1.82, 2.24) is 9.99 Å². The van der Waals surface area contributed by atoms with Gasteiger partial charge in [0.1, 0.15) is 12.4 Å². The third kappa shape index (κ3) is 6.05. The van der Waals surface area contributed by atoms with Crippen molar-refractivity contribution in [1.29, 1.82) is 0 Å². The second-order valence-electron chi connectivity index (χ2n) is 9.14. The molecule has 0 saturated heterocycles. The number of nitrogens with one attached hydrogen (secondary N) is 1. The van der Waals surface area contributed by atoms with Gasteiger partial charge in [-0.3, -0.25) is 9.10 Å². The molecule has 39 heavy (non-hydrogen) atoms. The monoisotopic (exact) mass is 566 g/mol. The van der Waals surface area contributed by atoms with E-state index in [1.165, 1.54) is 36.5 Å². The summed E-state index contributed by atoms with van der Waals surface area (Å²) in [5.41, 5.74) is 7.25. The molecule has 0 radical (unpaired) electrons. The maximum Gasteiger partial charge on any atom is 0.264 e. The summed E-state index contributed by atoms with van der Waals surface area (Å²) in [6.45, 7) is 6.95. The van der Waals surface area contributed by atoms with E-state index in [1.54, 1.807) is 41.0 Å². The molecule has 10 heteroatoms. The van der Waals surface area contributed by atoms with Crippen LogP contribution >= 0.6 is 11.6 Å². The fourth-order valence-electron chi connectivity index (χ4n) is 4.19. The number of amides is 1. The SMILES string of the molecule is Cc1ccc(N(CC(=O)N/N=C\c2cc(C)n(-c3ccccc3F)c2C)S(=O)(=O)c2ccc(Cl)cc2)cc1C. The zero-order valence-corrected chi connectivity index (χ0v) is 23.5. The van der Waals surface area contributed by atoms with Crippen LogP contribution in [0.3, 0.4) is 0 Å². The van der Waals surface area contributed by atoms with Crippen LogP contribution in [-0.2, 0) is 14.8 Å². The van der Waals surface area contributed by atoms with E-state index in [0.29, 0.717) is 22.0 Å². The van der Waals surface area contributed by atoms with Gasteiger partial charge in [0.15, 0.2) is 0 Å². The number of rotatable bonds is 8. The quantitative estimate of drug-likeness (QED) is 0.214. The minimum absolute atomic E-state index is 0.00186. The molecule has 202 valence electrons. The van der Waals surface area contributed by atoms with Gasteiger partial charge in [0.25, 0.3) is 15.9 Å². The molecule has 7 nitrogen and oxygen atoms in total. The molecule has 1 amide bonds. The molecule has 0 aliphatic heterocycles. The average molecular weight is 567 g/mol. The third-order valence-electron chi connectivity index (χ3n) is 6.42. The molecule has 0 unspecified atom stereocenters. The first-order valence-corrected chi connectivity index (χ1v) is 13.9. The van der Waals surface area contributed by atoms with Crippen molar-refractivity contribution in [3.8, 4) is 5.69 Å². The predicted octanol–water partition coefficient (Wildman–Crippen LogP) is 5.85. The Morgan fingerprint density at radius 2 is 1.69 bits per heavy atom. The minimum Gasteiger partial charge on any atom is -0.315 e. The topological polar surface area (TPSA) is 83.8 Å². The van der Waals surface area contributed by atoms with Gasteiger partial charge in [-0.2, -0.15) is 5.10 Å². The Hall–Kier alpha value is -3.95. The molecule has 0 fully saturated rings. The molecule has 0 atom stereocenters. The molecule has 4 aromatic rings. The Labute approximate surface area is 232 Å². The molecular formula is C29H28ClFN4O3S. The number of sulfonamides is 1. The number of aryl methyl sites for hydroxylation is 3. The number of halogens is 2. The number of hydrogen-bond acceptors (Lipinski definition) is 4. The zero-order chi connectivity index (χ0) is 28.3. The lowest BCUT2D eigenvalue weighted by molar-refractivity contribution is -0.119. The van der Waals surface area contributed by atoms with Crippen LogP contribution in [0.15, 0.2) is 82.8 Å². The summed E-state index contributed by atoms with van der Waals surface area (Å²) in [5, 5.41) is 4.44. The number of benzene rings is 3. The van der Waals surface area contributed by atoms with Crippen molar-refractivity contribution in [2.75, 3.05) is 10.8 Å². The lowest BCUT2D eigenvalue weighted by Crippen LogP contribution is -2.39. The highest BCUT2D eigenvalue weighted by Crippen LogP contribution is 2.27. The Kier molecular flexibility index (Phi) is 8.22. The largest absolute Gasteiger partial charge is 0.315 e. The molecule has 4 rings (SSSR count). The van der Waals surface area contributed by atoms with Gasteiger partial charge in [-0.15, -0.1) is 0 Å². The van der Waals surface area contributed by atoms with Gasteiger partial charge in [-0.05, 0) is 93.4 Å². The highest BCUT2D eigenvalue weighted by atomic mass is 35.5. The molecule has 0 bridgehead atoms. The molecule has 1 heterocycles. The van der Waals surface area contributed by atoms with Crippen LogP contribution in [-0.4, -0.2) is 31.7 Å². The number of nitrogens with zero attached hydrogens (tertiary/aromatic N) is 3. The molecule has 0 spiro atoms. The normalized spacial score (nSPS) is 11.6. The van der Waals surface area contributed by atoms with Crippen LogP contribution in [0.2, 0.25) is 5.02 Å². The summed E-state index contributed by atoms with van der Waals surface area (Å²) in [6.07, 6.45) is 1.45. The van der Waals surface area contributed by atoms with E-state index in [-0.39, 0.29) is 10.7 Å². The van der Waals surface area contributed by atoms with Crippen LogP contribution in [0.25, 0.3) is 5.69 Å². The first-order valence-electron chi connectivity index (χ1n) is 12.1. The number of carbonyl (C=O) groups excluding carboxylic acids is 1. The van der Waals surface area contributed by atoms with E-state index < -0.39 is 22.5 Å². The van der Waals surface area contributed by atoms with E-state index in [1.807, 2.05) is 33.8 Å². The predicted molar refractivity (Wildman–Crippen MR) is 153 cm³/mol. The fraction of sp³-hybridized carbons (Fsp3) is 0.172. The van der Waals surface area contributed by atoms with Crippen LogP contribution in [0.5, 0.6) is 0 Å². The van der Waals surface area contributed by atoms with Crippen LogP contribution in [0.1, 0.15) is 28.1 Å². The number of hydrazone groups is 1. The van der Waals surface area contributed by atoms with E-state index in [4.69, 9.17) is 11.6 Å². The smallest absolute Gasteiger partial charge is 0.264 e. The lowest BCUT2D eigenvalue weighted by atomic mass is 10.1. The van der Waals surface area contributed by atoms with Crippen molar-refractivity contribution in [2.24, 2.45) is 5.10 Å². The fourth-order valence-corrected chi connectivity index (χ4v) is 5.73. The summed E-state index contributed by atoms with van der Waals surface area (Å²) < 4.78 is 44.3. The number of anilines is 1. The van der Waals surface area contributed by atoms with Crippen molar-refractivity contribution in [2.45, 2.75) is 32.6 Å². The maximum absolute atomic E-state index is 14.4. The lowest BCUT2D eigenvalue weighted by Gasteiger charge is -2.24. The van der Waals surface area contributed by atoms with Crippen molar-refractivity contribution in [3.05, 3.63) is 112 Å². The Balaban J connectivity index is 1.58. The van der Waals surface area contributed by atoms with Gasteiger partial charge in [-0.1, -0.05) is 29.8 Å². The van der Waals surface area contributed by atoms with Crippen LogP contribution < -0.4 is 9.73 Å². The summed E-state index contributed by atoms with van der Waals surface area (Å²) in [7, 11) is -4.09. The van der Waals surface area contributed by atoms with E-state index in [0.717, 1.165) is 26.8 Å². The van der Waals surface area contributed by atoms with Crippen LogP contribution in [0, 0.1) is 33.5 Å². The Morgan fingerprint density at radius 3 is 2.36 bits per heavy atom. The highest BCUT2D eigenvalue weighted by Gasteiger charge is 2.27. The van der Waals surface area contributed by atoms with Crippen molar-refractivity contribution < 1.29 is 17.6 Å². The molecular weight excluding hydrogens is 539 g/mol. The Bertz CT molecular complexity index is 1660. The van der Waals surface area contributed by atoms with Crippen molar-refractivity contribution >= 4 is 39.4 Å². The Morgan fingerprint density at radius 1 is 1.00 bits per heavy atom. The number of para-hydroxylation sites is 1. The van der Waals surface area contributed by atoms with Gasteiger partial charge in [0.05, 0.1) is 22.5 Å². The zero-order valence-electron chi connectivity index (χ0n) is 21.9. The van der Waals surface area contributed by atoms with E-state index >= 15 is 0 Å².